The Morgan fingerprint density at radius 2 is 1.81 bits per heavy atom. The van der Waals surface area contributed by atoms with Crippen molar-refractivity contribution in [3.8, 4) is 0 Å². The number of amides is 1. The Labute approximate surface area is 216 Å². The molecular formula is C23H21Cl2N5O5S. The van der Waals surface area contributed by atoms with Gasteiger partial charge in [0.2, 0.25) is 5.95 Å². The van der Waals surface area contributed by atoms with Crippen LogP contribution in [0.4, 0.5) is 17.3 Å². The number of benzene rings is 2. The fourth-order valence-electron chi connectivity index (χ4n) is 4.85. The number of halogens is 2. The lowest BCUT2D eigenvalue weighted by Gasteiger charge is -2.28. The Balaban J connectivity index is 1.76. The molecule has 10 nitrogen and oxygen atoms in total. The summed E-state index contributed by atoms with van der Waals surface area (Å²) in [4.78, 5) is 31.4. The standard InChI is InChI=1S/C23H21Cl2N5O5S/c1-23(13-4-6-16(26)7-5-13)21(33)29(17-10-14(24)9-15(25)11-17)22-27-12-19(30(22)23)36(34,35)28-8-2-3-18(28)20(31)32/h4-7,9-12,18H,2-3,8,26H2,1H3,(H,31,32)/t18-,23+/m0/s1. The van der Waals surface area contributed by atoms with Crippen LogP contribution in [0.3, 0.4) is 0 Å². The highest BCUT2D eigenvalue weighted by molar-refractivity contribution is 7.89. The summed E-state index contributed by atoms with van der Waals surface area (Å²) in [6.45, 7) is 1.62. The van der Waals surface area contributed by atoms with Gasteiger partial charge >= 0.3 is 5.97 Å². The van der Waals surface area contributed by atoms with Gasteiger partial charge < -0.3 is 10.8 Å². The average molecular weight is 550 g/mol. The van der Waals surface area contributed by atoms with Crippen LogP contribution in [0.2, 0.25) is 10.0 Å². The first-order valence-corrected chi connectivity index (χ1v) is 13.2. The van der Waals surface area contributed by atoms with Crippen LogP contribution in [0, 0.1) is 0 Å². The number of carbonyl (C=O) groups is 2. The zero-order valence-electron chi connectivity index (χ0n) is 18.9. The molecular weight excluding hydrogens is 529 g/mol. The van der Waals surface area contributed by atoms with Gasteiger partial charge in [-0.05, 0) is 55.7 Å². The summed E-state index contributed by atoms with van der Waals surface area (Å²) in [6.07, 6.45) is 1.73. The number of carboxylic acid groups (broad SMARTS) is 1. The second-order valence-corrected chi connectivity index (χ2v) is 11.5. The van der Waals surface area contributed by atoms with Crippen LogP contribution in [0.1, 0.15) is 25.3 Å². The molecule has 0 saturated carbocycles. The molecule has 2 aromatic carbocycles. The number of hydrogen-bond acceptors (Lipinski definition) is 6. The highest BCUT2D eigenvalue weighted by atomic mass is 35.5. The van der Waals surface area contributed by atoms with E-state index in [9.17, 15) is 23.1 Å². The van der Waals surface area contributed by atoms with E-state index in [4.69, 9.17) is 28.9 Å². The van der Waals surface area contributed by atoms with E-state index in [2.05, 4.69) is 4.98 Å². The van der Waals surface area contributed by atoms with Gasteiger partial charge in [-0.15, -0.1) is 0 Å². The first kappa shape index (κ1) is 24.6. The maximum Gasteiger partial charge on any atom is 0.322 e. The third-order valence-corrected chi connectivity index (χ3v) is 8.93. The fourth-order valence-corrected chi connectivity index (χ4v) is 7.18. The van der Waals surface area contributed by atoms with Crippen molar-refractivity contribution in [2.75, 3.05) is 17.2 Å². The third kappa shape index (κ3) is 3.57. The van der Waals surface area contributed by atoms with Gasteiger partial charge in [-0.2, -0.15) is 4.31 Å². The monoisotopic (exact) mass is 549 g/mol. The summed E-state index contributed by atoms with van der Waals surface area (Å²) in [5.74, 6) is -1.70. The molecule has 0 spiro atoms. The van der Waals surface area contributed by atoms with Crippen molar-refractivity contribution >= 4 is 62.4 Å². The van der Waals surface area contributed by atoms with Crippen LogP contribution in [0.15, 0.2) is 53.7 Å². The highest BCUT2D eigenvalue weighted by Crippen LogP contribution is 2.46. The van der Waals surface area contributed by atoms with E-state index < -0.39 is 33.5 Å². The minimum atomic E-state index is -4.35. The Kier molecular flexibility index (Phi) is 5.79. The van der Waals surface area contributed by atoms with Gasteiger partial charge in [0.1, 0.15) is 6.04 Å². The lowest BCUT2D eigenvalue weighted by molar-refractivity contribution is -0.140. The molecule has 2 aliphatic heterocycles. The lowest BCUT2D eigenvalue weighted by atomic mass is 9.91. The predicted octanol–water partition coefficient (Wildman–Crippen LogP) is 3.45. The zero-order valence-corrected chi connectivity index (χ0v) is 21.3. The van der Waals surface area contributed by atoms with E-state index in [0.29, 0.717) is 23.4 Å². The number of carbonyl (C=O) groups excluding carboxylic acids is 1. The largest absolute Gasteiger partial charge is 0.480 e. The molecule has 1 aromatic heterocycles. The molecule has 0 unspecified atom stereocenters. The van der Waals surface area contributed by atoms with Crippen molar-refractivity contribution in [3.63, 3.8) is 0 Å². The number of nitrogen functional groups attached to an aromatic ring is 1. The molecule has 0 aliphatic carbocycles. The Morgan fingerprint density at radius 3 is 2.42 bits per heavy atom. The van der Waals surface area contributed by atoms with Crippen molar-refractivity contribution in [1.29, 1.82) is 0 Å². The summed E-state index contributed by atoms with van der Waals surface area (Å²) in [5.41, 5.74) is 5.52. The number of sulfonamides is 1. The first-order chi connectivity index (χ1) is 17.0. The number of anilines is 3. The van der Waals surface area contributed by atoms with E-state index in [1.54, 1.807) is 31.2 Å². The third-order valence-electron chi connectivity index (χ3n) is 6.62. The molecule has 13 heteroatoms. The summed E-state index contributed by atoms with van der Waals surface area (Å²) in [6, 6.07) is 9.84. The number of nitrogens with zero attached hydrogens (tertiary/aromatic N) is 4. The van der Waals surface area contributed by atoms with Gasteiger partial charge in [0.05, 0.1) is 11.9 Å². The van der Waals surface area contributed by atoms with E-state index in [1.807, 2.05) is 0 Å². The molecule has 5 rings (SSSR count). The second kappa shape index (κ2) is 8.48. The number of imidazole rings is 1. The molecule has 3 heterocycles. The smallest absolute Gasteiger partial charge is 0.322 e. The molecule has 36 heavy (non-hydrogen) atoms. The normalized spacial score (nSPS) is 22.2. The van der Waals surface area contributed by atoms with Crippen LogP contribution >= 0.6 is 23.2 Å². The molecule has 0 radical (unpaired) electrons. The van der Waals surface area contributed by atoms with E-state index >= 15 is 0 Å². The first-order valence-electron chi connectivity index (χ1n) is 11.0. The maximum absolute atomic E-state index is 14.1. The minimum absolute atomic E-state index is 0.0299. The number of carboxylic acids is 1. The summed E-state index contributed by atoms with van der Waals surface area (Å²) in [7, 11) is -4.35. The SMILES string of the molecule is C[C@@]1(c2ccc(N)cc2)C(=O)N(c2cc(Cl)cc(Cl)c2)c2ncc(S(=O)(=O)N3CCC[C@H]3C(=O)O)n21. The van der Waals surface area contributed by atoms with Crippen LogP contribution in [0.25, 0.3) is 0 Å². The number of aliphatic carboxylic acids is 1. The van der Waals surface area contributed by atoms with E-state index in [-0.39, 0.29) is 34.0 Å². The number of aromatic nitrogens is 2. The molecule has 0 bridgehead atoms. The maximum atomic E-state index is 14.1. The highest BCUT2D eigenvalue weighted by Gasteiger charge is 2.54. The number of rotatable bonds is 5. The van der Waals surface area contributed by atoms with Gasteiger partial charge in [-0.1, -0.05) is 35.3 Å². The Hall–Kier alpha value is -3.12. The van der Waals surface area contributed by atoms with E-state index in [0.717, 1.165) is 10.5 Å². The predicted molar refractivity (Wildman–Crippen MR) is 134 cm³/mol. The van der Waals surface area contributed by atoms with Crippen LogP contribution in [-0.4, -0.2) is 51.8 Å². The van der Waals surface area contributed by atoms with Gasteiger partial charge in [0.25, 0.3) is 15.9 Å². The van der Waals surface area contributed by atoms with Gasteiger partial charge in [0.15, 0.2) is 10.6 Å². The van der Waals surface area contributed by atoms with Gasteiger partial charge in [-0.25, -0.2) is 18.3 Å². The molecule has 2 atom stereocenters. The molecule has 2 aliphatic rings. The van der Waals surface area contributed by atoms with Crippen molar-refractivity contribution in [2.45, 2.75) is 36.4 Å². The topological polar surface area (TPSA) is 139 Å². The second-order valence-electron chi connectivity index (χ2n) is 8.81. The molecule has 188 valence electrons. The summed E-state index contributed by atoms with van der Waals surface area (Å²) < 4.78 is 29.9. The molecule has 3 aromatic rings. The molecule has 1 amide bonds. The molecule has 1 fully saturated rings. The van der Waals surface area contributed by atoms with Gasteiger partial charge in [-0.3, -0.25) is 14.2 Å². The van der Waals surface area contributed by atoms with E-state index in [1.165, 1.54) is 27.7 Å². The zero-order chi connectivity index (χ0) is 26.0. The fraction of sp³-hybridized carbons (Fsp3) is 0.261. The summed E-state index contributed by atoms with van der Waals surface area (Å²) >= 11 is 12.4. The lowest BCUT2D eigenvalue weighted by Crippen LogP contribution is -2.44. The van der Waals surface area contributed by atoms with Crippen molar-refractivity contribution in [2.24, 2.45) is 0 Å². The number of fused-ring (bicyclic) bond motifs is 1. The van der Waals surface area contributed by atoms with Gasteiger partial charge in [0, 0.05) is 22.3 Å². The van der Waals surface area contributed by atoms with Crippen LogP contribution in [-0.2, 0) is 25.2 Å². The minimum Gasteiger partial charge on any atom is -0.480 e. The quantitative estimate of drug-likeness (QED) is 0.464. The summed E-state index contributed by atoms with van der Waals surface area (Å²) in [5, 5.41) is 9.86. The van der Waals surface area contributed by atoms with Crippen LogP contribution in [0.5, 0.6) is 0 Å². The van der Waals surface area contributed by atoms with Crippen molar-refractivity contribution in [1.82, 2.24) is 13.9 Å². The van der Waals surface area contributed by atoms with Crippen molar-refractivity contribution < 1.29 is 23.1 Å². The molecule has 3 N–H and O–H groups in total. The number of nitrogens with two attached hydrogens (primary N) is 1. The Bertz CT molecular complexity index is 1490. The average Bonchev–Trinajstić information content (AvgIpc) is 3.51. The number of hydrogen-bond donors (Lipinski definition) is 2. The van der Waals surface area contributed by atoms with Crippen molar-refractivity contribution in [3.05, 3.63) is 64.3 Å². The molecule has 1 saturated heterocycles. The Morgan fingerprint density at radius 1 is 1.17 bits per heavy atom. The van der Waals surface area contributed by atoms with Crippen LogP contribution < -0.4 is 10.6 Å².